The van der Waals surface area contributed by atoms with E-state index in [0.29, 0.717) is 25.3 Å². The summed E-state index contributed by atoms with van der Waals surface area (Å²) < 4.78 is 18.3. The Morgan fingerprint density at radius 1 is 1.25 bits per heavy atom. The third-order valence-electron chi connectivity index (χ3n) is 6.23. The van der Waals surface area contributed by atoms with Gasteiger partial charge in [0, 0.05) is 38.5 Å². The highest BCUT2D eigenvalue weighted by atomic mass is 32.2. The third kappa shape index (κ3) is 3.95. The molecule has 3 heterocycles. The molecule has 3 aromatic rings. The van der Waals surface area contributed by atoms with Crippen molar-refractivity contribution in [3.05, 3.63) is 48.4 Å². The maximum Gasteiger partial charge on any atom is 0.275 e. The van der Waals surface area contributed by atoms with E-state index in [1.54, 1.807) is 13.4 Å². The van der Waals surface area contributed by atoms with Gasteiger partial charge in [-0.3, -0.25) is 4.79 Å². The van der Waals surface area contributed by atoms with Crippen LogP contribution in [0.1, 0.15) is 23.2 Å². The highest BCUT2D eigenvalue weighted by Gasteiger charge is 2.53. The summed E-state index contributed by atoms with van der Waals surface area (Å²) in [5, 5.41) is 1.01. The van der Waals surface area contributed by atoms with Crippen LogP contribution in [0.2, 0.25) is 0 Å². The lowest BCUT2D eigenvalue weighted by atomic mass is 10.1. The highest BCUT2D eigenvalue weighted by molar-refractivity contribution is 7.89. The summed E-state index contributed by atoms with van der Waals surface area (Å²) in [6.45, 7) is 3.24. The quantitative estimate of drug-likeness (QED) is 0.370. The van der Waals surface area contributed by atoms with Gasteiger partial charge in [-0.2, -0.15) is 4.55 Å². The molecule has 2 aromatic heterocycles. The molecule has 0 radical (unpaired) electrons. The van der Waals surface area contributed by atoms with Gasteiger partial charge in [0.15, 0.2) is 0 Å². The smallest absolute Gasteiger partial charge is 0.275 e. The van der Waals surface area contributed by atoms with Gasteiger partial charge >= 0.3 is 0 Å². The lowest BCUT2D eigenvalue weighted by molar-refractivity contribution is 0.0624. The highest BCUT2D eigenvalue weighted by Crippen LogP contribution is 2.46. The van der Waals surface area contributed by atoms with Gasteiger partial charge < -0.3 is 19.5 Å². The van der Waals surface area contributed by atoms with Crippen LogP contribution in [0.25, 0.3) is 11.0 Å². The first-order chi connectivity index (χ1) is 15.6. The van der Waals surface area contributed by atoms with Crippen molar-refractivity contribution in [3.8, 4) is 0 Å². The maximum absolute atomic E-state index is 13.3. The number of nitrogens with one attached hydrogen (secondary N) is 2. The number of carbonyl (C=O) groups is 1. The predicted molar refractivity (Wildman–Crippen MR) is 124 cm³/mol. The number of fused-ring (bicyclic) bond motifs is 1. The van der Waals surface area contributed by atoms with E-state index in [-0.39, 0.29) is 11.4 Å². The molecule has 9 nitrogen and oxygen atoms in total. The van der Waals surface area contributed by atoms with E-state index in [4.69, 9.17) is 4.74 Å². The molecule has 0 bridgehead atoms. The maximum atomic E-state index is 13.3. The summed E-state index contributed by atoms with van der Waals surface area (Å²) in [7, 11) is 1.62. The molecular formula is C22H27N6O3S+. The van der Waals surface area contributed by atoms with Crippen molar-refractivity contribution in [2.75, 3.05) is 44.8 Å². The Hall–Kier alpha value is -2.66. The van der Waals surface area contributed by atoms with E-state index in [0.717, 1.165) is 47.7 Å². The number of anilines is 1. The number of nitrogens with zero attached hydrogens (tertiary/aromatic N) is 4. The van der Waals surface area contributed by atoms with Gasteiger partial charge in [-0.15, -0.1) is 4.72 Å². The first kappa shape index (κ1) is 21.2. The summed E-state index contributed by atoms with van der Waals surface area (Å²) in [5.74, 6) is 0.975. The van der Waals surface area contributed by atoms with Gasteiger partial charge in [0.1, 0.15) is 17.8 Å². The van der Waals surface area contributed by atoms with E-state index in [9.17, 15) is 9.35 Å². The number of amides is 1. The van der Waals surface area contributed by atoms with Gasteiger partial charge in [-0.05, 0) is 43.2 Å². The summed E-state index contributed by atoms with van der Waals surface area (Å²) in [6.07, 6.45) is 5.46. The lowest BCUT2D eigenvalue weighted by Crippen LogP contribution is -2.57. The first-order valence-corrected chi connectivity index (χ1v) is 11.9. The molecule has 1 spiro atoms. The van der Waals surface area contributed by atoms with Crippen molar-refractivity contribution in [2.24, 2.45) is 0 Å². The second-order valence-electron chi connectivity index (χ2n) is 8.24. The molecule has 5 rings (SSSR count). The standard InChI is InChI=1S/C22H27N6O3S/c1-31-13-10-26-32(30)17-4-2-16(3-5-17)21(29)28-12-11-27(14-22(28)7-8-22)20-18-6-9-23-19(18)24-15-25-20/h2-6,9,15,26,30H,7-8,10-14H2,1H3,(H,23,24,25)/q+1. The Balaban J connectivity index is 1.28. The van der Waals surface area contributed by atoms with E-state index in [1.807, 2.05) is 41.4 Å². The van der Waals surface area contributed by atoms with Crippen molar-refractivity contribution >= 4 is 34.1 Å². The number of H-pyrrole nitrogens is 1. The number of piperazine rings is 1. The molecule has 1 aromatic carbocycles. The summed E-state index contributed by atoms with van der Waals surface area (Å²) in [5.41, 5.74) is 1.35. The number of hydrogen-bond acceptors (Lipinski definition) is 7. The largest absolute Gasteiger partial charge is 0.383 e. The molecule has 1 amide bonds. The number of aromatic nitrogens is 3. The molecule has 1 atom stereocenters. The van der Waals surface area contributed by atoms with Crippen molar-refractivity contribution in [2.45, 2.75) is 23.3 Å². The molecule has 1 aliphatic carbocycles. The second kappa shape index (κ2) is 8.70. The number of hydrogen-bond donors (Lipinski definition) is 3. The molecule has 32 heavy (non-hydrogen) atoms. The van der Waals surface area contributed by atoms with Crippen LogP contribution in [0.3, 0.4) is 0 Å². The van der Waals surface area contributed by atoms with Gasteiger partial charge in [0.2, 0.25) is 4.90 Å². The molecule has 1 saturated carbocycles. The SMILES string of the molecule is COCCN[S+](O)c1ccc(C(=O)N2CCN(c3ncnc4[nH]ccc34)CC23CC3)cc1. The van der Waals surface area contributed by atoms with Crippen LogP contribution in [0.4, 0.5) is 5.82 Å². The van der Waals surface area contributed by atoms with Crippen LogP contribution in [-0.2, 0) is 16.1 Å². The molecular weight excluding hydrogens is 428 g/mol. The van der Waals surface area contributed by atoms with Crippen molar-refractivity contribution in [1.29, 1.82) is 0 Å². The number of aromatic amines is 1. The fourth-order valence-electron chi connectivity index (χ4n) is 4.36. The molecule has 2 aliphatic rings. The van der Waals surface area contributed by atoms with E-state index < -0.39 is 11.4 Å². The average Bonchev–Trinajstić information content (AvgIpc) is 3.40. The molecule has 168 valence electrons. The lowest BCUT2D eigenvalue weighted by Gasteiger charge is -2.42. The Bertz CT molecular complexity index is 1100. The Morgan fingerprint density at radius 2 is 2.06 bits per heavy atom. The molecule has 1 aliphatic heterocycles. The Labute approximate surface area is 189 Å². The summed E-state index contributed by atoms with van der Waals surface area (Å²) in [4.78, 5) is 30.4. The minimum atomic E-state index is -1.07. The third-order valence-corrected chi connectivity index (χ3v) is 7.42. The number of rotatable bonds is 7. The molecule has 3 N–H and O–H groups in total. The topological polar surface area (TPSA) is 107 Å². The molecule has 1 saturated heterocycles. The van der Waals surface area contributed by atoms with Crippen LogP contribution in [0.5, 0.6) is 0 Å². The zero-order chi connectivity index (χ0) is 22.1. The number of carbonyl (C=O) groups excluding carboxylic acids is 1. The fourth-order valence-corrected chi connectivity index (χ4v) is 5.20. The number of benzene rings is 1. The molecule has 1 unspecified atom stereocenters. The van der Waals surface area contributed by atoms with Gasteiger partial charge in [0.25, 0.3) is 17.3 Å². The van der Waals surface area contributed by atoms with Crippen LogP contribution in [0, 0.1) is 0 Å². The summed E-state index contributed by atoms with van der Waals surface area (Å²) in [6, 6.07) is 9.25. The second-order valence-corrected chi connectivity index (χ2v) is 9.57. The Morgan fingerprint density at radius 3 is 2.81 bits per heavy atom. The van der Waals surface area contributed by atoms with E-state index >= 15 is 0 Å². The van der Waals surface area contributed by atoms with Crippen LogP contribution < -0.4 is 9.62 Å². The van der Waals surface area contributed by atoms with Crippen molar-refractivity contribution < 1.29 is 14.1 Å². The predicted octanol–water partition coefficient (Wildman–Crippen LogP) is 2.05. The minimum Gasteiger partial charge on any atom is -0.383 e. The normalized spacial score (nSPS) is 18.3. The minimum absolute atomic E-state index is 0.0494. The number of ether oxygens (including phenoxy) is 1. The average molecular weight is 456 g/mol. The van der Waals surface area contributed by atoms with Gasteiger partial charge in [0.05, 0.1) is 24.1 Å². The first-order valence-electron chi connectivity index (χ1n) is 10.7. The zero-order valence-electron chi connectivity index (χ0n) is 18.0. The Kier molecular flexibility index (Phi) is 5.76. The van der Waals surface area contributed by atoms with Crippen molar-refractivity contribution in [3.63, 3.8) is 0 Å². The number of methoxy groups -OCH3 is 1. The molecule has 10 heteroatoms. The molecule has 2 fully saturated rings. The monoisotopic (exact) mass is 455 g/mol. The van der Waals surface area contributed by atoms with Crippen LogP contribution >= 0.6 is 0 Å². The summed E-state index contributed by atoms with van der Waals surface area (Å²) >= 11 is -1.07. The van der Waals surface area contributed by atoms with Crippen LogP contribution in [-0.4, -0.2) is 75.7 Å². The zero-order valence-corrected chi connectivity index (χ0v) is 18.8. The van der Waals surface area contributed by atoms with E-state index in [1.165, 1.54) is 0 Å². The van der Waals surface area contributed by atoms with Crippen molar-refractivity contribution in [1.82, 2.24) is 24.6 Å². The van der Waals surface area contributed by atoms with Gasteiger partial charge in [-0.1, -0.05) is 0 Å². The van der Waals surface area contributed by atoms with E-state index in [2.05, 4.69) is 24.6 Å². The van der Waals surface area contributed by atoms with Gasteiger partial charge in [-0.25, -0.2) is 9.97 Å². The van der Waals surface area contributed by atoms with Crippen LogP contribution in [0.15, 0.2) is 47.8 Å². The fraction of sp³-hybridized carbons (Fsp3) is 0.409.